The molecule has 2 aromatic rings. The highest BCUT2D eigenvalue weighted by Gasteiger charge is 2.19. The van der Waals surface area contributed by atoms with E-state index in [4.69, 9.17) is 0 Å². The largest absolute Gasteiger partial charge is 0.324 e. The van der Waals surface area contributed by atoms with Gasteiger partial charge < -0.3 is 5.32 Å². The number of anilines is 1. The zero-order valence-corrected chi connectivity index (χ0v) is 14.8. The quantitative estimate of drug-likeness (QED) is 0.899. The van der Waals surface area contributed by atoms with Crippen LogP contribution >= 0.6 is 11.3 Å². The molecular formula is C18H24N2OS. The molecule has 1 heterocycles. The predicted molar refractivity (Wildman–Crippen MR) is 94.5 cm³/mol. The number of hydrogen-bond donors (Lipinski definition) is 1. The van der Waals surface area contributed by atoms with E-state index in [1.807, 2.05) is 33.9 Å². The molecule has 0 aliphatic heterocycles. The minimum Gasteiger partial charge on any atom is -0.324 e. The van der Waals surface area contributed by atoms with E-state index in [-0.39, 0.29) is 11.9 Å². The Morgan fingerprint density at radius 1 is 1.27 bits per heavy atom. The maximum Gasteiger partial charge on any atom is 0.241 e. The van der Waals surface area contributed by atoms with Gasteiger partial charge in [0.1, 0.15) is 0 Å². The van der Waals surface area contributed by atoms with Crippen molar-refractivity contribution in [1.82, 2.24) is 4.90 Å². The molecule has 0 unspecified atom stereocenters. The molecule has 22 heavy (non-hydrogen) atoms. The third kappa shape index (κ3) is 3.96. The second-order valence-electron chi connectivity index (χ2n) is 5.93. The topological polar surface area (TPSA) is 32.3 Å². The van der Waals surface area contributed by atoms with Crippen molar-refractivity contribution in [2.24, 2.45) is 0 Å². The van der Waals surface area contributed by atoms with Gasteiger partial charge in [-0.3, -0.25) is 9.69 Å². The number of hydrogen-bond acceptors (Lipinski definition) is 3. The average Bonchev–Trinajstić information content (AvgIpc) is 2.94. The average molecular weight is 316 g/mol. The first-order chi connectivity index (χ1) is 10.4. The fraction of sp³-hybridized carbons (Fsp3) is 0.389. The molecule has 118 valence electrons. The van der Waals surface area contributed by atoms with E-state index < -0.39 is 0 Å². The second-order valence-corrected chi connectivity index (χ2v) is 6.97. The van der Waals surface area contributed by atoms with Crippen LogP contribution in [0.2, 0.25) is 0 Å². The summed E-state index contributed by atoms with van der Waals surface area (Å²) in [7, 11) is 1.98. The molecule has 1 amide bonds. The van der Waals surface area contributed by atoms with Gasteiger partial charge in [0.25, 0.3) is 0 Å². The number of likely N-dealkylation sites (N-methyl/N-ethyl adjacent to an activating group) is 1. The highest BCUT2D eigenvalue weighted by Crippen LogP contribution is 2.22. The van der Waals surface area contributed by atoms with Crippen LogP contribution in [0, 0.1) is 20.8 Å². The number of thiophene rings is 1. The smallest absolute Gasteiger partial charge is 0.241 e. The monoisotopic (exact) mass is 316 g/mol. The van der Waals surface area contributed by atoms with Crippen LogP contribution in [0.15, 0.2) is 29.6 Å². The summed E-state index contributed by atoms with van der Waals surface area (Å²) in [5, 5.41) is 5.15. The summed E-state index contributed by atoms with van der Waals surface area (Å²) in [5.74, 6) is 0.0362. The summed E-state index contributed by atoms with van der Waals surface area (Å²) in [6.07, 6.45) is 0. The lowest BCUT2D eigenvalue weighted by atomic mass is 10.0. The van der Waals surface area contributed by atoms with Gasteiger partial charge in [-0.1, -0.05) is 23.8 Å². The van der Waals surface area contributed by atoms with Gasteiger partial charge in [-0.25, -0.2) is 0 Å². The molecule has 0 saturated carbocycles. The molecule has 0 aliphatic rings. The number of nitrogens with zero attached hydrogens (tertiary/aromatic N) is 1. The number of carbonyl (C=O) groups is 1. The fourth-order valence-corrected chi connectivity index (χ4v) is 3.36. The first-order valence-electron chi connectivity index (χ1n) is 7.50. The highest BCUT2D eigenvalue weighted by molar-refractivity contribution is 7.09. The molecule has 0 aliphatic carbocycles. The molecule has 0 spiro atoms. The Morgan fingerprint density at radius 3 is 2.45 bits per heavy atom. The molecule has 2 rings (SSSR count). The van der Waals surface area contributed by atoms with Crippen LogP contribution < -0.4 is 5.32 Å². The Kier molecular flexibility index (Phi) is 5.37. The number of benzene rings is 1. The third-order valence-corrected chi connectivity index (χ3v) is 4.81. The molecule has 1 aromatic heterocycles. The Hall–Kier alpha value is -1.65. The number of carbonyl (C=O) groups excluding carboxylic acids is 1. The Bertz CT molecular complexity index is 626. The molecule has 0 bridgehead atoms. The van der Waals surface area contributed by atoms with Crippen molar-refractivity contribution < 1.29 is 4.79 Å². The lowest BCUT2D eigenvalue weighted by molar-refractivity contribution is -0.120. The fourth-order valence-electron chi connectivity index (χ4n) is 2.59. The minimum atomic E-state index is -0.179. The van der Waals surface area contributed by atoms with Crippen LogP contribution in [0.1, 0.15) is 28.5 Å². The molecule has 1 N–H and O–H groups in total. The van der Waals surface area contributed by atoms with Gasteiger partial charge in [0.15, 0.2) is 0 Å². The molecule has 0 saturated heterocycles. The van der Waals surface area contributed by atoms with Crippen molar-refractivity contribution in [2.45, 2.75) is 40.3 Å². The van der Waals surface area contributed by atoms with Gasteiger partial charge in [-0.05, 0) is 57.3 Å². The highest BCUT2D eigenvalue weighted by atomic mass is 32.1. The zero-order valence-electron chi connectivity index (χ0n) is 13.9. The summed E-state index contributed by atoms with van der Waals surface area (Å²) in [6.45, 7) is 8.88. The first-order valence-corrected chi connectivity index (χ1v) is 8.37. The molecule has 1 atom stereocenters. The zero-order chi connectivity index (χ0) is 16.3. The van der Waals surface area contributed by atoms with E-state index in [1.54, 1.807) is 11.3 Å². The maximum atomic E-state index is 12.5. The van der Waals surface area contributed by atoms with E-state index in [0.717, 1.165) is 23.4 Å². The van der Waals surface area contributed by atoms with E-state index in [9.17, 15) is 4.79 Å². The molecular weight excluding hydrogens is 292 g/mol. The number of nitrogens with one attached hydrogen (secondary N) is 1. The second kappa shape index (κ2) is 7.07. The van der Waals surface area contributed by atoms with Crippen molar-refractivity contribution in [3.05, 3.63) is 51.2 Å². The van der Waals surface area contributed by atoms with Crippen molar-refractivity contribution in [2.75, 3.05) is 12.4 Å². The van der Waals surface area contributed by atoms with Crippen LogP contribution in [0.3, 0.4) is 0 Å². The van der Waals surface area contributed by atoms with Gasteiger partial charge in [0.05, 0.1) is 6.04 Å². The molecule has 4 heteroatoms. The van der Waals surface area contributed by atoms with Gasteiger partial charge in [-0.15, -0.1) is 11.3 Å². The van der Waals surface area contributed by atoms with Crippen LogP contribution in [-0.2, 0) is 11.3 Å². The van der Waals surface area contributed by atoms with Gasteiger partial charge in [0, 0.05) is 17.1 Å². The van der Waals surface area contributed by atoms with Gasteiger partial charge >= 0.3 is 0 Å². The standard InChI is InChI=1S/C18H24N2OS/c1-12-9-13(2)17(14(3)10-12)19-18(21)15(4)20(5)11-16-7-6-8-22-16/h6-10,15H,11H2,1-5H3,(H,19,21)/t15-/m1/s1. The third-order valence-electron chi connectivity index (χ3n) is 3.95. The van der Waals surface area contributed by atoms with E-state index in [2.05, 4.69) is 40.7 Å². The summed E-state index contributed by atoms with van der Waals surface area (Å²) >= 11 is 1.72. The molecule has 1 aromatic carbocycles. The molecule has 0 radical (unpaired) electrons. The number of aryl methyl sites for hydroxylation is 3. The summed E-state index contributed by atoms with van der Waals surface area (Å²) in [6, 6.07) is 8.16. The van der Waals surface area contributed by atoms with E-state index >= 15 is 0 Å². The van der Waals surface area contributed by atoms with Crippen molar-refractivity contribution >= 4 is 22.9 Å². The number of rotatable bonds is 5. The van der Waals surface area contributed by atoms with E-state index in [1.165, 1.54) is 10.4 Å². The Balaban J connectivity index is 2.05. The summed E-state index contributed by atoms with van der Waals surface area (Å²) < 4.78 is 0. The first kappa shape index (κ1) is 16.7. The minimum absolute atomic E-state index is 0.0362. The van der Waals surface area contributed by atoms with Gasteiger partial charge in [0.2, 0.25) is 5.91 Å². The van der Waals surface area contributed by atoms with Crippen LogP contribution in [0.5, 0.6) is 0 Å². The van der Waals surface area contributed by atoms with E-state index in [0.29, 0.717) is 0 Å². The molecule has 3 nitrogen and oxygen atoms in total. The predicted octanol–water partition coefficient (Wildman–Crippen LogP) is 4.13. The normalized spacial score (nSPS) is 12.5. The van der Waals surface area contributed by atoms with Crippen molar-refractivity contribution in [3.8, 4) is 0 Å². The lowest BCUT2D eigenvalue weighted by Crippen LogP contribution is -2.39. The summed E-state index contributed by atoms with van der Waals surface area (Å²) in [5.41, 5.74) is 4.38. The number of amides is 1. The summed E-state index contributed by atoms with van der Waals surface area (Å²) in [4.78, 5) is 15.9. The van der Waals surface area contributed by atoms with Gasteiger partial charge in [-0.2, -0.15) is 0 Å². The lowest BCUT2D eigenvalue weighted by Gasteiger charge is -2.24. The van der Waals surface area contributed by atoms with Crippen molar-refractivity contribution in [3.63, 3.8) is 0 Å². The van der Waals surface area contributed by atoms with Crippen LogP contribution in [-0.4, -0.2) is 23.9 Å². The van der Waals surface area contributed by atoms with Crippen LogP contribution in [0.25, 0.3) is 0 Å². The Morgan fingerprint density at radius 2 is 1.91 bits per heavy atom. The van der Waals surface area contributed by atoms with Crippen LogP contribution in [0.4, 0.5) is 5.69 Å². The maximum absolute atomic E-state index is 12.5. The van der Waals surface area contributed by atoms with Crippen molar-refractivity contribution in [1.29, 1.82) is 0 Å². The molecule has 0 fully saturated rings. The Labute approximate surface area is 137 Å². The SMILES string of the molecule is Cc1cc(C)c(NC(=O)[C@@H](C)N(C)Cc2cccs2)c(C)c1.